The van der Waals surface area contributed by atoms with Gasteiger partial charge in [0.25, 0.3) is 0 Å². The number of urea groups is 1. The summed E-state index contributed by atoms with van der Waals surface area (Å²) in [7, 11) is 0. The van der Waals surface area contributed by atoms with Crippen LogP contribution in [-0.4, -0.2) is 36.0 Å². The van der Waals surface area contributed by atoms with E-state index in [1.54, 1.807) is 0 Å². The molecule has 0 saturated heterocycles. The lowest BCUT2D eigenvalue weighted by atomic mass is 10.1. The number of carbonyl (C=O) groups excluding carboxylic acids is 2. The quantitative estimate of drug-likeness (QED) is 0.774. The van der Waals surface area contributed by atoms with Crippen LogP contribution in [-0.2, 0) is 11.3 Å². The Morgan fingerprint density at radius 3 is 2.57 bits per heavy atom. The minimum atomic E-state index is -0.407. The number of benzene rings is 1. The maximum Gasteiger partial charge on any atom is 0.321 e. The molecule has 0 aromatic heterocycles. The number of carbonyl (C=O) groups is 2. The molecule has 5 nitrogen and oxygen atoms in total. The zero-order valence-electron chi connectivity index (χ0n) is 14.0. The smallest absolute Gasteiger partial charge is 0.321 e. The van der Waals surface area contributed by atoms with Crippen molar-refractivity contribution in [1.29, 1.82) is 0 Å². The Bertz CT molecular complexity index is 514. The lowest BCUT2D eigenvalue weighted by Gasteiger charge is -2.28. The third kappa shape index (κ3) is 6.02. The second-order valence-corrected chi connectivity index (χ2v) is 6.27. The van der Waals surface area contributed by atoms with Crippen molar-refractivity contribution in [1.82, 2.24) is 15.5 Å². The molecule has 5 heteroatoms. The van der Waals surface area contributed by atoms with Crippen molar-refractivity contribution in [2.24, 2.45) is 5.92 Å². The van der Waals surface area contributed by atoms with Crippen LogP contribution >= 0.6 is 0 Å². The first-order valence-corrected chi connectivity index (χ1v) is 8.45. The van der Waals surface area contributed by atoms with Gasteiger partial charge in [0.05, 0.1) is 6.54 Å². The molecular weight excluding hydrogens is 290 g/mol. The first kappa shape index (κ1) is 17.5. The number of rotatable bonds is 8. The molecule has 1 saturated carbocycles. The fourth-order valence-corrected chi connectivity index (χ4v) is 2.67. The van der Waals surface area contributed by atoms with Gasteiger partial charge in [-0.15, -0.1) is 0 Å². The van der Waals surface area contributed by atoms with E-state index < -0.39 is 6.03 Å². The fourth-order valence-electron chi connectivity index (χ4n) is 2.67. The van der Waals surface area contributed by atoms with E-state index >= 15 is 0 Å². The molecule has 3 amide bonds. The van der Waals surface area contributed by atoms with Crippen LogP contribution in [0.1, 0.15) is 38.7 Å². The molecule has 2 rings (SSSR count). The summed E-state index contributed by atoms with van der Waals surface area (Å²) in [6.45, 7) is 5.69. The van der Waals surface area contributed by atoms with Crippen LogP contribution < -0.4 is 10.6 Å². The van der Waals surface area contributed by atoms with E-state index in [1.165, 1.54) is 18.4 Å². The van der Waals surface area contributed by atoms with Crippen LogP contribution in [0.4, 0.5) is 4.79 Å². The van der Waals surface area contributed by atoms with E-state index in [2.05, 4.69) is 34.6 Å². The largest absolute Gasteiger partial charge is 0.338 e. The van der Waals surface area contributed by atoms with Crippen LogP contribution in [0.25, 0.3) is 0 Å². The maximum absolute atomic E-state index is 12.2. The van der Waals surface area contributed by atoms with Gasteiger partial charge < -0.3 is 5.32 Å². The molecule has 1 aromatic carbocycles. The van der Waals surface area contributed by atoms with E-state index in [0.717, 1.165) is 13.0 Å². The topological polar surface area (TPSA) is 61.4 Å². The van der Waals surface area contributed by atoms with Crippen molar-refractivity contribution in [3.63, 3.8) is 0 Å². The number of nitrogens with one attached hydrogen (secondary N) is 2. The van der Waals surface area contributed by atoms with Crippen LogP contribution in [0, 0.1) is 5.92 Å². The third-order valence-electron chi connectivity index (χ3n) is 4.24. The summed E-state index contributed by atoms with van der Waals surface area (Å²) in [5.41, 5.74) is 1.18. The zero-order chi connectivity index (χ0) is 16.7. The summed E-state index contributed by atoms with van der Waals surface area (Å²) in [6, 6.07) is 10.1. The third-order valence-corrected chi connectivity index (χ3v) is 4.24. The van der Waals surface area contributed by atoms with E-state index in [0.29, 0.717) is 18.5 Å². The minimum absolute atomic E-state index is 0.242. The normalized spacial score (nSPS) is 15.3. The molecule has 0 heterocycles. The van der Waals surface area contributed by atoms with Gasteiger partial charge in [0.2, 0.25) is 5.91 Å². The van der Waals surface area contributed by atoms with Gasteiger partial charge in [0, 0.05) is 19.1 Å². The number of imide groups is 1. The highest BCUT2D eigenvalue weighted by molar-refractivity contribution is 5.95. The molecule has 0 aliphatic heterocycles. The van der Waals surface area contributed by atoms with Crippen LogP contribution in [0.5, 0.6) is 0 Å². The molecule has 2 N–H and O–H groups in total. The average Bonchev–Trinajstić information content (AvgIpc) is 3.37. The maximum atomic E-state index is 12.2. The van der Waals surface area contributed by atoms with Crippen LogP contribution in [0.15, 0.2) is 30.3 Å². The Kier molecular flexibility index (Phi) is 6.59. The van der Waals surface area contributed by atoms with Gasteiger partial charge in [-0.1, -0.05) is 37.3 Å². The molecule has 126 valence electrons. The molecule has 0 radical (unpaired) electrons. The standard InChI is InChI=1S/C18H27N3O2/c1-3-11-19-18(23)20-17(22)13-21(14(2)16-9-10-16)12-15-7-5-4-6-8-15/h4-8,14,16H,3,9-13H2,1-2H3,(H2,19,20,22,23). The van der Waals surface area contributed by atoms with Gasteiger partial charge in [0.15, 0.2) is 0 Å². The number of amides is 3. The van der Waals surface area contributed by atoms with Crippen molar-refractivity contribution >= 4 is 11.9 Å². The molecular formula is C18H27N3O2. The number of hydrogen-bond acceptors (Lipinski definition) is 3. The van der Waals surface area contributed by atoms with E-state index in [4.69, 9.17) is 0 Å². The summed E-state index contributed by atoms with van der Waals surface area (Å²) in [4.78, 5) is 25.9. The highest BCUT2D eigenvalue weighted by Gasteiger charge is 2.32. The Morgan fingerprint density at radius 2 is 1.96 bits per heavy atom. The Labute approximate surface area is 138 Å². The summed E-state index contributed by atoms with van der Waals surface area (Å²) < 4.78 is 0. The minimum Gasteiger partial charge on any atom is -0.338 e. The van der Waals surface area contributed by atoms with Crippen molar-refractivity contribution in [3.8, 4) is 0 Å². The predicted octanol–water partition coefficient (Wildman–Crippen LogP) is 2.52. The summed E-state index contributed by atoms with van der Waals surface area (Å²) in [5, 5.41) is 5.08. The SMILES string of the molecule is CCCNC(=O)NC(=O)CN(Cc1ccccc1)C(C)C1CC1. The molecule has 23 heavy (non-hydrogen) atoms. The monoisotopic (exact) mass is 317 g/mol. The lowest BCUT2D eigenvalue weighted by Crippen LogP contribution is -2.46. The van der Waals surface area contributed by atoms with Gasteiger partial charge >= 0.3 is 6.03 Å². The Morgan fingerprint density at radius 1 is 1.26 bits per heavy atom. The first-order valence-electron chi connectivity index (χ1n) is 8.45. The average molecular weight is 317 g/mol. The lowest BCUT2D eigenvalue weighted by molar-refractivity contribution is -0.121. The summed E-state index contributed by atoms with van der Waals surface area (Å²) in [6.07, 6.45) is 3.30. The molecule has 1 aliphatic rings. The Hall–Kier alpha value is -1.88. The molecule has 0 bridgehead atoms. The van der Waals surface area contributed by atoms with Gasteiger partial charge in [-0.3, -0.25) is 15.0 Å². The van der Waals surface area contributed by atoms with Crippen molar-refractivity contribution in [2.45, 2.75) is 45.7 Å². The van der Waals surface area contributed by atoms with Crippen molar-refractivity contribution in [2.75, 3.05) is 13.1 Å². The number of nitrogens with zero attached hydrogens (tertiary/aromatic N) is 1. The zero-order valence-corrected chi connectivity index (χ0v) is 14.0. The fraction of sp³-hybridized carbons (Fsp3) is 0.556. The van der Waals surface area contributed by atoms with Gasteiger partial charge in [-0.2, -0.15) is 0 Å². The molecule has 1 aromatic rings. The first-order chi connectivity index (χ1) is 11.1. The van der Waals surface area contributed by atoms with Gasteiger partial charge in [-0.25, -0.2) is 4.79 Å². The van der Waals surface area contributed by atoms with Crippen molar-refractivity contribution < 1.29 is 9.59 Å². The van der Waals surface area contributed by atoms with Crippen LogP contribution in [0.2, 0.25) is 0 Å². The molecule has 1 aliphatic carbocycles. The molecule has 1 atom stereocenters. The summed E-state index contributed by atoms with van der Waals surface area (Å²) >= 11 is 0. The highest BCUT2D eigenvalue weighted by atomic mass is 16.2. The van der Waals surface area contributed by atoms with Gasteiger partial charge in [0.1, 0.15) is 0 Å². The van der Waals surface area contributed by atoms with Crippen LogP contribution in [0.3, 0.4) is 0 Å². The van der Waals surface area contributed by atoms with Crippen molar-refractivity contribution in [3.05, 3.63) is 35.9 Å². The second kappa shape index (κ2) is 8.67. The van der Waals surface area contributed by atoms with Gasteiger partial charge in [-0.05, 0) is 37.7 Å². The highest BCUT2D eigenvalue weighted by Crippen LogP contribution is 2.35. The molecule has 0 spiro atoms. The number of hydrogen-bond donors (Lipinski definition) is 2. The van der Waals surface area contributed by atoms with E-state index in [9.17, 15) is 9.59 Å². The summed E-state index contributed by atoms with van der Waals surface area (Å²) in [5.74, 6) is 0.419. The molecule has 1 unspecified atom stereocenters. The molecule has 1 fully saturated rings. The second-order valence-electron chi connectivity index (χ2n) is 6.27. The Balaban J connectivity index is 1.91. The predicted molar refractivity (Wildman–Crippen MR) is 90.9 cm³/mol. The van der Waals surface area contributed by atoms with E-state index in [-0.39, 0.29) is 12.5 Å². The van der Waals surface area contributed by atoms with E-state index in [1.807, 2.05) is 25.1 Å².